The molecule has 33 heavy (non-hydrogen) atoms. The van der Waals surface area contributed by atoms with Crippen LogP contribution in [-0.2, 0) is 23.2 Å². The summed E-state index contributed by atoms with van der Waals surface area (Å²) < 4.78 is 74.4. The van der Waals surface area contributed by atoms with E-state index in [9.17, 15) is 21.6 Å². The number of hydrogen-bond acceptors (Lipinski definition) is 4. The van der Waals surface area contributed by atoms with Crippen molar-refractivity contribution >= 4 is 26.6 Å². The normalized spacial score (nSPS) is 14.2. The molecule has 1 aliphatic heterocycles. The van der Waals surface area contributed by atoms with Gasteiger partial charge in [-0.25, -0.2) is 8.42 Å². The van der Waals surface area contributed by atoms with Gasteiger partial charge >= 0.3 is 6.18 Å². The fraction of sp³-hybridized carbons (Fsp3) is 0.174. The van der Waals surface area contributed by atoms with Gasteiger partial charge in [-0.05, 0) is 54.6 Å². The summed E-state index contributed by atoms with van der Waals surface area (Å²) in [5.41, 5.74) is 1.14. The number of anilines is 1. The lowest BCUT2D eigenvalue weighted by atomic mass is 10.1. The highest BCUT2D eigenvalue weighted by Crippen LogP contribution is 2.39. The molecule has 4 aromatic rings. The van der Waals surface area contributed by atoms with Crippen LogP contribution in [0, 0.1) is 0 Å². The van der Waals surface area contributed by atoms with Crippen molar-refractivity contribution in [2.24, 2.45) is 7.05 Å². The van der Waals surface area contributed by atoms with Gasteiger partial charge in [0.25, 0.3) is 10.0 Å². The van der Waals surface area contributed by atoms with Crippen molar-refractivity contribution in [3.05, 3.63) is 72.6 Å². The van der Waals surface area contributed by atoms with Crippen LogP contribution in [0.15, 0.2) is 71.9 Å². The molecule has 10 heteroatoms. The van der Waals surface area contributed by atoms with E-state index < -0.39 is 21.8 Å². The molecule has 0 aliphatic carbocycles. The van der Waals surface area contributed by atoms with E-state index in [1.54, 1.807) is 36.4 Å². The summed E-state index contributed by atoms with van der Waals surface area (Å²) in [7, 11) is -2.03. The van der Waals surface area contributed by atoms with Gasteiger partial charge in [-0.3, -0.25) is 9.29 Å². The zero-order valence-electron chi connectivity index (χ0n) is 17.4. The van der Waals surface area contributed by atoms with Crippen molar-refractivity contribution < 1.29 is 26.3 Å². The van der Waals surface area contributed by atoms with Gasteiger partial charge in [0.2, 0.25) is 0 Å². The first kappa shape index (κ1) is 21.3. The minimum Gasteiger partial charge on any atom is -0.489 e. The molecule has 6 nitrogen and oxygen atoms in total. The Hall–Kier alpha value is -3.53. The smallest absolute Gasteiger partial charge is 0.417 e. The Balaban J connectivity index is 1.55. The third kappa shape index (κ3) is 3.70. The molecule has 0 saturated heterocycles. The van der Waals surface area contributed by atoms with Gasteiger partial charge in [0.15, 0.2) is 0 Å². The Kier molecular flexibility index (Phi) is 4.86. The monoisotopic (exact) mass is 473 g/mol. The molecule has 5 rings (SSSR count). The number of rotatable bonds is 3. The average Bonchev–Trinajstić information content (AvgIpc) is 3.18. The van der Waals surface area contributed by atoms with Crippen molar-refractivity contribution in [2.75, 3.05) is 17.5 Å². The number of hydrogen-bond donors (Lipinski definition) is 0. The Labute approximate surface area is 187 Å². The molecule has 0 fully saturated rings. The molecule has 0 bridgehead atoms. The number of benzene rings is 2. The number of halogens is 3. The van der Waals surface area contributed by atoms with Crippen molar-refractivity contribution in [1.82, 2.24) is 9.55 Å². The summed E-state index contributed by atoms with van der Waals surface area (Å²) in [5, 5.41) is 0.801. The second-order valence-electron chi connectivity index (χ2n) is 7.69. The highest BCUT2D eigenvalue weighted by Gasteiger charge is 2.32. The predicted octanol–water partition coefficient (Wildman–Crippen LogP) is 4.85. The summed E-state index contributed by atoms with van der Waals surface area (Å²) in [5.74, 6) is 0.376. The molecular weight excluding hydrogens is 455 g/mol. The highest BCUT2D eigenvalue weighted by molar-refractivity contribution is 7.92. The Morgan fingerprint density at radius 3 is 2.58 bits per heavy atom. The highest BCUT2D eigenvalue weighted by atomic mass is 32.2. The minimum atomic E-state index is -4.49. The molecule has 0 amide bonds. The van der Waals surface area contributed by atoms with Crippen LogP contribution < -0.4 is 9.04 Å². The molecule has 0 N–H and O–H groups in total. The number of alkyl halides is 3. The van der Waals surface area contributed by atoms with Gasteiger partial charge in [0.05, 0.1) is 28.4 Å². The van der Waals surface area contributed by atoms with E-state index in [2.05, 4.69) is 4.98 Å². The molecule has 170 valence electrons. The SMILES string of the molecule is Cn1ccc2cc(S(=O)(=O)N3CCOc4ccc(-c5ccc(C(F)(F)F)cn5)cc43)ccc21. The quantitative estimate of drug-likeness (QED) is 0.427. The zero-order chi connectivity index (χ0) is 23.4. The molecule has 0 saturated carbocycles. The van der Waals surface area contributed by atoms with Crippen LogP contribution in [-0.4, -0.2) is 31.1 Å². The Bertz CT molecular complexity index is 1460. The van der Waals surface area contributed by atoms with Crippen LogP contribution in [0.4, 0.5) is 18.9 Å². The molecule has 0 spiro atoms. The third-order valence-electron chi connectivity index (χ3n) is 5.61. The maximum absolute atomic E-state index is 13.5. The number of ether oxygens (including phenoxy) is 1. The number of sulfonamides is 1. The topological polar surface area (TPSA) is 64.4 Å². The van der Waals surface area contributed by atoms with E-state index in [4.69, 9.17) is 4.74 Å². The minimum absolute atomic E-state index is 0.103. The molecule has 2 aromatic carbocycles. The number of pyridine rings is 1. The standard InChI is InChI=1S/C23H18F3N3O3S/c1-28-9-8-16-12-18(4-6-20(16)28)33(30,31)29-10-11-32-22-7-2-15(13-21(22)29)19-5-3-17(14-27-19)23(24,25)26/h2-9,12-14H,10-11H2,1H3. The van der Waals surface area contributed by atoms with E-state index in [1.807, 2.05) is 23.9 Å². The van der Waals surface area contributed by atoms with Crippen molar-refractivity contribution in [1.29, 1.82) is 0 Å². The fourth-order valence-electron chi connectivity index (χ4n) is 3.88. The predicted molar refractivity (Wildman–Crippen MR) is 118 cm³/mol. The van der Waals surface area contributed by atoms with E-state index in [-0.39, 0.29) is 18.0 Å². The Morgan fingerprint density at radius 2 is 1.85 bits per heavy atom. The number of aromatic nitrogens is 2. The van der Waals surface area contributed by atoms with Crippen LogP contribution >= 0.6 is 0 Å². The molecule has 0 atom stereocenters. The second kappa shape index (κ2) is 7.51. The molecule has 1 aliphatic rings. The number of fused-ring (bicyclic) bond motifs is 2. The van der Waals surface area contributed by atoms with Gasteiger partial charge in [-0.1, -0.05) is 0 Å². The van der Waals surface area contributed by atoms with Crippen LogP contribution in [0.1, 0.15) is 5.56 Å². The summed E-state index contributed by atoms with van der Waals surface area (Å²) >= 11 is 0. The lowest BCUT2D eigenvalue weighted by molar-refractivity contribution is -0.137. The van der Waals surface area contributed by atoms with E-state index in [1.165, 1.54) is 10.4 Å². The molecule has 0 unspecified atom stereocenters. The molecular formula is C23H18F3N3O3S. The van der Waals surface area contributed by atoms with Crippen LogP contribution in [0.25, 0.3) is 22.2 Å². The first-order valence-corrected chi connectivity index (χ1v) is 11.5. The van der Waals surface area contributed by atoms with Gasteiger partial charge in [0, 0.05) is 35.9 Å². The summed E-state index contributed by atoms with van der Waals surface area (Å²) in [6.07, 6.45) is -1.87. The van der Waals surface area contributed by atoms with Crippen LogP contribution in [0.2, 0.25) is 0 Å². The average molecular weight is 473 g/mol. The molecule has 3 heterocycles. The fourth-order valence-corrected chi connectivity index (χ4v) is 5.37. The van der Waals surface area contributed by atoms with E-state index in [0.29, 0.717) is 22.7 Å². The molecule has 0 radical (unpaired) electrons. The van der Waals surface area contributed by atoms with Crippen molar-refractivity contribution in [3.63, 3.8) is 0 Å². The zero-order valence-corrected chi connectivity index (χ0v) is 18.2. The lowest BCUT2D eigenvalue weighted by Crippen LogP contribution is -2.37. The van der Waals surface area contributed by atoms with Crippen LogP contribution in [0.5, 0.6) is 5.75 Å². The van der Waals surface area contributed by atoms with Gasteiger partial charge < -0.3 is 9.30 Å². The van der Waals surface area contributed by atoms with E-state index in [0.717, 1.165) is 23.2 Å². The lowest BCUT2D eigenvalue weighted by Gasteiger charge is -2.31. The summed E-state index contributed by atoms with van der Waals surface area (Å²) in [4.78, 5) is 4.06. The second-order valence-corrected chi connectivity index (χ2v) is 9.55. The maximum Gasteiger partial charge on any atom is 0.417 e. The first-order valence-electron chi connectivity index (χ1n) is 10.0. The summed E-state index contributed by atoms with van der Waals surface area (Å²) in [6.45, 7) is 0.281. The maximum atomic E-state index is 13.5. The third-order valence-corrected chi connectivity index (χ3v) is 7.42. The van der Waals surface area contributed by atoms with Crippen LogP contribution in [0.3, 0.4) is 0 Å². The number of nitrogens with zero attached hydrogens (tertiary/aromatic N) is 3. The first-order chi connectivity index (χ1) is 15.6. The van der Waals surface area contributed by atoms with E-state index >= 15 is 0 Å². The van der Waals surface area contributed by atoms with Crippen molar-refractivity contribution in [3.8, 4) is 17.0 Å². The number of aryl methyl sites for hydroxylation is 1. The molecule has 2 aromatic heterocycles. The largest absolute Gasteiger partial charge is 0.489 e. The summed E-state index contributed by atoms with van der Waals surface area (Å²) in [6, 6.07) is 13.8. The Morgan fingerprint density at radius 1 is 1.03 bits per heavy atom. The van der Waals surface area contributed by atoms with Crippen molar-refractivity contribution in [2.45, 2.75) is 11.1 Å². The van der Waals surface area contributed by atoms with Gasteiger partial charge in [-0.2, -0.15) is 13.2 Å². The van der Waals surface area contributed by atoms with Gasteiger partial charge in [-0.15, -0.1) is 0 Å². The van der Waals surface area contributed by atoms with Gasteiger partial charge in [0.1, 0.15) is 12.4 Å².